The maximum atomic E-state index is 13.2. The molecule has 5 nitrogen and oxygen atoms in total. The van der Waals surface area contributed by atoms with Crippen LogP contribution in [0.1, 0.15) is 19.0 Å². The van der Waals surface area contributed by atoms with Gasteiger partial charge in [0.2, 0.25) is 0 Å². The summed E-state index contributed by atoms with van der Waals surface area (Å²) >= 11 is 0. The molecule has 0 aliphatic heterocycles. The van der Waals surface area contributed by atoms with Gasteiger partial charge in [-0.05, 0) is 37.8 Å². The lowest BCUT2D eigenvalue weighted by atomic mass is 9.99. The van der Waals surface area contributed by atoms with E-state index in [0.29, 0.717) is 6.42 Å². The second-order valence-electron chi connectivity index (χ2n) is 6.00. The largest absolute Gasteiger partial charge is 0.433 e. The molecular formula is C17H17F4N5. The summed E-state index contributed by atoms with van der Waals surface area (Å²) in [6.07, 6.45) is -0.628. The molecule has 0 saturated carbocycles. The first-order valence-corrected chi connectivity index (χ1v) is 7.93. The summed E-state index contributed by atoms with van der Waals surface area (Å²) in [4.78, 5) is 8.99. The van der Waals surface area contributed by atoms with Crippen molar-refractivity contribution in [1.82, 2.24) is 15.2 Å². The number of alkyl halides is 4. The minimum Gasteiger partial charge on any atom is -0.345 e. The lowest BCUT2D eigenvalue weighted by Crippen LogP contribution is -2.42. The van der Waals surface area contributed by atoms with Gasteiger partial charge in [0, 0.05) is 11.8 Å². The van der Waals surface area contributed by atoms with Crippen molar-refractivity contribution in [2.45, 2.75) is 25.6 Å². The molecule has 26 heavy (non-hydrogen) atoms. The Bertz CT molecular complexity index is 931. The number of hydrogen-bond acceptors (Lipinski definition) is 4. The van der Waals surface area contributed by atoms with Gasteiger partial charge in [0.05, 0.1) is 17.6 Å². The first kappa shape index (κ1) is 18.1. The summed E-state index contributed by atoms with van der Waals surface area (Å²) in [6, 6.07) is 1.68. The number of aromatic nitrogens is 3. The molecule has 1 atom stereocenters. The Kier molecular flexibility index (Phi) is 4.80. The van der Waals surface area contributed by atoms with Crippen molar-refractivity contribution in [3.05, 3.63) is 34.6 Å². The van der Waals surface area contributed by atoms with Crippen LogP contribution in [0.25, 0.3) is 11.6 Å². The van der Waals surface area contributed by atoms with E-state index in [9.17, 15) is 17.6 Å². The standard InChI is InChI=1S/C17H17F4N5/c1-10-7-12(8-11-9-23-25-15(10)11)26(6-5-18)16-13(22-2)3-4-14(24-16)17(19,20)21/h3-4,8-9,12,25H,2,5-7H2,1H3. The summed E-state index contributed by atoms with van der Waals surface area (Å²) < 4.78 is 52.5. The zero-order chi connectivity index (χ0) is 18.9. The quantitative estimate of drug-likeness (QED) is 0.652. The summed E-state index contributed by atoms with van der Waals surface area (Å²) in [7, 11) is 0. The highest BCUT2D eigenvalue weighted by Crippen LogP contribution is 2.35. The van der Waals surface area contributed by atoms with Gasteiger partial charge >= 0.3 is 6.18 Å². The van der Waals surface area contributed by atoms with Crippen molar-refractivity contribution >= 4 is 29.9 Å². The van der Waals surface area contributed by atoms with Crippen LogP contribution in [-0.4, -0.2) is 41.2 Å². The topological polar surface area (TPSA) is 57.2 Å². The zero-order valence-electron chi connectivity index (χ0n) is 14.0. The lowest BCUT2D eigenvalue weighted by molar-refractivity contribution is -0.141. The van der Waals surface area contributed by atoms with E-state index in [1.54, 1.807) is 6.20 Å². The van der Waals surface area contributed by atoms with Gasteiger partial charge in [-0.2, -0.15) is 18.3 Å². The maximum Gasteiger partial charge on any atom is 0.433 e. The SMILES string of the molecule is C=Nc1ccc(C(F)(F)F)nc1N(CCF)C1C=c2cn[nH]c2=C(C)C1. The van der Waals surface area contributed by atoms with Gasteiger partial charge in [-0.3, -0.25) is 10.1 Å². The molecule has 138 valence electrons. The Labute approximate surface area is 146 Å². The molecule has 0 radical (unpaired) electrons. The third kappa shape index (κ3) is 3.33. The van der Waals surface area contributed by atoms with Gasteiger partial charge in [-0.15, -0.1) is 0 Å². The van der Waals surface area contributed by atoms with E-state index in [2.05, 4.69) is 26.9 Å². The fourth-order valence-electron chi connectivity index (χ4n) is 3.10. The number of aliphatic imine (C=N–C) groups is 1. The van der Waals surface area contributed by atoms with E-state index >= 15 is 0 Å². The molecule has 3 rings (SSSR count). The van der Waals surface area contributed by atoms with E-state index < -0.39 is 18.5 Å². The highest BCUT2D eigenvalue weighted by atomic mass is 19.4. The van der Waals surface area contributed by atoms with E-state index in [1.165, 1.54) is 11.0 Å². The summed E-state index contributed by atoms with van der Waals surface area (Å²) in [5, 5.41) is 8.57. The van der Waals surface area contributed by atoms with E-state index in [1.807, 2.05) is 13.0 Å². The van der Waals surface area contributed by atoms with Crippen LogP contribution in [0, 0.1) is 0 Å². The van der Waals surface area contributed by atoms with Gasteiger partial charge < -0.3 is 4.90 Å². The van der Waals surface area contributed by atoms with Crippen LogP contribution in [0.4, 0.5) is 29.1 Å². The smallest absolute Gasteiger partial charge is 0.345 e. The first-order valence-electron chi connectivity index (χ1n) is 7.93. The summed E-state index contributed by atoms with van der Waals surface area (Å²) in [5.74, 6) is -0.0338. The van der Waals surface area contributed by atoms with Crippen LogP contribution < -0.4 is 15.5 Å². The molecule has 2 aromatic rings. The predicted molar refractivity (Wildman–Crippen MR) is 91.6 cm³/mol. The molecule has 1 aliphatic rings. The average Bonchev–Trinajstić information content (AvgIpc) is 3.07. The Morgan fingerprint density at radius 3 is 2.81 bits per heavy atom. The van der Waals surface area contributed by atoms with E-state index in [0.717, 1.165) is 22.2 Å². The second-order valence-corrected chi connectivity index (χ2v) is 6.00. The molecule has 0 spiro atoms. The number of H-pyrrole nitrogens is 1. The molecule has 9 heteroatoms. The van der Waals surface area contributed by atoms with Crippen molar-refractivity contribution in [1.29, 1.82) is 0 Å². The lowest BCUT2D eigenvalue weighted by Gasteiger charge is -2.32. The van der Waals surface area contributed by atoms with Gasteiger partial charge in [-0.1, -0.05) is 6.08 Å². The summed E-state index contributed by atoms with van der Waals surface area (Å²) in [5.41, 5.74) is 0.105. The highest BCUT2D eigenvalue weighted by molar-refractivity contribution is 5.68. The molecule has 0 bridgehead atoms. The monoisotopic (exact) mass is 367 g/mol. The van der Waals surface area contributed by atoms with Crippen LogP contribution in [0.3, 0.4) is 0 Å². The van der Waals surface area contributed by atoms with Crippen molar-refractivity contribution in [2.24, 2.45) is 4.99 Å². The van der Waals surface area contributed by atoms with Crippen LogP contribution in [0.2, 0.25) is 0 Å². The zero-order valence-corrected chi connectivity index (χ0v) is 14.0. The van der Waals surface area contributed by atoms with Crippen LogP contribution in [-0.2, 0) is 6.18 Å². The maximum absolute atomic E-state index is 13.2. The van der Waals surface area contributed by atoms with Gasteiger partial charge in [-0.25, -0.2) is 9.37 Å². The number of nitrogens with one attached hydrogen (secondary N) is 1. The van der Waals surface area contributed by atoms with Crippen molar-refractivity contribution in [2.75, 3.05) is 18.1 Å². The van der Waals surface area contributed by atoms with Gasteiger partial charge in [0.15, 0.2) is 5.82 Å². The number of pyridine rings is 1. The third-order valence-corrected chi connectivity index (χ3v) is 4.30. The van der Waals surface area contributed by atoms with Crippen molar-refractivity contribution in [3.63, 3.8) is 0 Å². The number of hydrogen-bond donors (Lipinski definition) is 1. The molecule has 0 saturated heterocycles. The Balaban J connectivity index is 2.10. The Morgan fingerprint density at radius 1 is 1.38 bits per heavy atom. The van der Waals surface area contributed by atoms with Crippen LogP contribution in [0.15, 0.2) is 23.3 Å². The third-order valence-electron chi connectivity index (χ3n) is 4.30. The number of rotatable bonds is 5. The molecule has 1 aliphatic carbocycles. The average molecular weight is 367 g/mol. The fraction of sp³-hybridized carbons (Fsp3) is 0.353. The molecular weight excluding hydrogens is 350 g/mol. The Hall–Kier alpha value is -2.71. The molecule has 0 aromatic carbocycles. The predicted octanol–water partition coefficient (Wildman–Crippen LogP) is 2.36. The normalized spacial score (nSPS) is 16.8. The number of nitrogens with zero attached hydrogens (tertiary/aromatic N) is 4. The molecule has 1 N–H and O–H groups in total. The molecule has 0 fully saturated rings. The van der Waals surface area contributed by atoms with Crippen molar-refractivity contribution < 1.29 is 17.6 Å². The first-order chi connectivity index (χ1) is 12.3. The summed E-state index contributed by atoms with van der Waals surface area (Å²) in [6.45, 7) is 4.44. The minimum absolute atomic E-state index is 0.0338. The number of aromatic amines is 1. The molecule has 2 aromatic heterocycles. The Morgan fingerprint density at radius 2 is 2.15 bits per heavy atom. The number of anilines is 1. The van der Waals surface area contributed by atoms with Crippen molar-refractivity contribution in [3.8, 4) is 0 Å². The van der Waals surface area contributed by atoms with Gasteiger partial charge in [0.1, 0.15) is 18.1 Å². The molecule has 0 amide bonds. The minimum atomic E-state index is -4.61. The van der Waals surface area contributed by atoms with Crippen LogP contribution in [0.5, 0.6) is 0 Å². The molecule has 1 unspecified atom stereocenters. The number of halogens is 4. The van der Waals surface area contributed by atoms with E-state index in [-0.39, 0.29) is 24.1 Å². The second kappa shape index (κ2) is 6.89. The number of fused-ring (bicyclic) bond motifs is 1. The van der Waals surface area contributed by atoms with E-state index in [4.69, 9.17) is 0 Å². The van der Waals surface area contributed by atoms with Crippen LogP contribution >= 0.6 is 0 Å². The van der Waals surface area contributed by atoms with Gasteiger partial charge in [0.25, 0.3) is 0 Å². The fourth-order valence-corrected chi connectivity index (χ4v) is 3.10. The highest BCUT2D eigenvalue weighted by Gasteiger charge is 2.34. The molecule has 2 heterocycles.